The summed E-state index contributed by atoms with van der Waals surface area (Å²) in [5.74, 6) is 5.12. The molecule has 0 aliphatic rings. The zero-order valence-electron chi connectivity index (χ0n) is 18.4. The van der Waals surface area contributed by atoms with E-state index < -0.39 is 0 Å². The second-order valence-electron chi connectivity index (χ2n) is 6.38. The summed E-state index contributed by atoms with van der Waals surface area (Å²) < 4.78 is 0. The molecule has 0 unspecified atom stereocenters. The molecule has 31 heavy (non-hydrogen) atoms. The van der Waals surface area contributed by atoms with Gasteiger partial charge in [0.25, 0.3) is 5.91 Å². The minimum atomic E-state index is -0.348. The molecule has 1 aromatic rings. The van der Waals surface area contributed by atoms with Gasteiger partial charge in [0.05, 0.1) is 11.1 Å². The quantitative estimate of drug-likeness (QED) is 0.0756. The van der Waals surface area contributed by atoms with Crippen LogP contribution in [0.4, 0.5) is 11.4 Å². The molecule has 0 spiro atoms. The van der Waals surface area contributed by atoms with E-state index in [0.717, 1.165) is 36.6 Å². The SMILES string of the molecule is C/C=C(/SN)C(=O)Nc1cc(C=O)c(C(/C=N\N)=C/C(/C=C\CC)=C/CC)c(NC)c1. The summed E-state index contributed by atoms with van der Waals surface area (Å²) in [6.45, 7) is 5.84. The van der Waals surface area contributed by atoms with E-state index >= 15 is 0 Å². The third kappa shape index (κ3) is 7.58. The third-order valence-corrected chi connectivity index (χ3v) is 4.92. The lowest BCUT2D eigenvalue weighted by Crippen LogP contribution is -2.14. The molecule has 0 saturated carbocycles. The third-order valence-electron chi connectivity index (χ3n) is 4.25. The second-order valence-corrected chi connectivity index (χ2v) is 7.06. The van der Waals surface area contributed by atoms with E-state index in [4.69, 9.17) is 11.0 Å². The summed E-state index contributed by atoms with van der Waals surface area (Å²) >= 11 is 0.860. The number of benzene rings is 1. The number of nitrogens with one attached hydrogen (secondary N) is 2. The fourth-order valence-corrected chi connectivity index (χ4v) is 3.19. The van der Waals surface area contributed by atoms with Crippen LogP contribution in [0.15, 0.2) is 58.1 Å². The number of rotatable bonds is 11. The first-order valence-corrected chi connectivity index (χ1v) is 10.8. The van der Waals surface area contributed by atoms with E-state index in [9.17, 15) is 9.59 Å². The highest BCUT2D eigenvalue weighted by Crippen LogP contribution is 2.31. The molecule has 1 aromatic carbocycles. The van der Waals surface area contributed by atoms with Crippen molar-refractivity contribution in [3.8, 4) is 0 Å². The van der Waals surface area contributed by atoms with Crippen molar-refractivity contribution < 1.29 is 9.59 Å². The predicted octanol–water partition coefficient (Wildman–Crippen LogP) is 4.62. The van der Waals surface area contributed by atoms with Crippen molar-refractivity contribution in [2.24, 2.45) is 16.1 Å². The smallest absolute Gasteiger partial charge is 0.263 e. The molecular weight excluding hydrogens is 410 g/mol. The maximum absolute atomic E-state index is 12.4. The normalized spacial score (nSPS) is 13.1. The van der Waals surface area contributed by atoms with Gasteiger partial charge in [-0.1, -0.05) is 38.2 Å². The van der Waals surface area contributed by atoms with Gasteiger partial charge in [-0.15, -0.1) is 0 Å². The minimum Gasteiger partial charge on any atom is -0.388 e. The number of amides is 1. The van der Waals surface area contributed by atoms with Gasteiger partial charge in [0.15, 0.2) is 6.29 Å². The average Bonchev–Trinajstić information content (AvgIpc) is 2.77. The standard InChI is InChI=1S/C23H31N5O2S/c1-5-8-10-16(9-6-2)11-17(14-27-24)22-18(15-29)12-19(13-20(22)26-4)28-23(30)21(7-3)31-25/h7-15,26H,5-6,24-25H2,1-4H3,(H,28,30)/b10-8-,16-9+,17-11+,21-7+,27-14-. The van der Waals surface area contributed by atoms with Crippen molar-refractivity contribution in [1.82, 2.24) is 0 Å². The molecule has 0 fully saturated rings. The van der Waals surface area contributed by atoms with Crippen LogP contribution in [-0.4, -0.2) is 25.5 Å². The number of carbonyl (C=O) groups excluding carboxylic acids is 2. The summed E-state index contributed by atoms with van der Waals surface area (Å²) in [4.78, 5) is 24.7. The first-order valence-electron chi connectivity index (χ1n) is 9.96. The molecule has 0 aliphatic carbocycles. The van der Waals surface area contributed by atoms with E-state index in [1.165, 1.54) is 6.21 Å². The fourth-order valence-electron chi connectivity index (χ4n) is 2.89. The summed E-state index contributed by atoms with van der Waals surface area (Å²) in [5, 5.41) is 15.1. The lowest BCUT2D eigenvalue weighted by molar-refractivity contribution is -0.112. The van der Waals surface area contributed by atoms with Crippen LogP contribution in [0.3, 0.4) is 0 Å². The summed E-state index contributed by atoms with van der Waals surface area (Å²) in [6, 6.07) is 3.36. The van der Waals surface area contributed by atoms with Gasteiger partial charge >= 0.3 is 0 Å². The van der Waals surface area contributed by atoms with Crippen LogP contribution < -0.4 is 21.6 Å². The monoisotopic (exact) mass is 441 g/mol. The lowest BCUT2D eigenvalue weighted by atomic mass is 9.95. The highest BCUT2D eigenvalue weighted by molar-refractivity contribution is 8.01. The number of allylic oxidation sites excluding steroid dienone is 7. The molecule has 166 valence electrons. The van der Waals surface area contributed by atoms with Crippen LogP contribution in [0.2, 0.25) is 0 Å². The van der Waals surface area contributed by atoms with Gasteiger partial charge in [0, 0.05) is 35.1 Å². The Morgan fingerprint density at radius 2 is 2.00 bits per heavy atom. The fraction of sp³-hybridized carbons (Fsp3) is 0.261. The zero-order valence-corrected chi connectivity index (χ0v) is 19.3. The molecule has 0 bridgehead atoms. The number of nitrogens with two attached hydrogens (primary N) is 2. The minimum absolute atomic E-state index is 0.348. The molecule has 1 amide bonds. The topological polar surface area (TPSA) is 123 Å². The van der Waals surface area contributed by atoms with E-state index in [-0.39, 0.29) is 5.91 Å². The molecule has 0 heterocycles. The average molecular weight is 442 g/mol. The number of hydrogen-bond acceptors (Lipinski definition) is 7. The summed E-state index contributed by atoms with van der Waals surface area (Å²) in [6.07, 6.45) is 13.7. The van der Waals surface area contributed by atoms with Crippen LogP contribution in [0.25, 0.3) is 5.57 Å². The predicted molar refractivity (Wildman–Crippen MR) is 134 cm³/mol. The Kier molecular flexibility index (Phi) is 11.7. The van der Waals surface area contributed by atoms with Gasteiger partial charge in [-0.25, -0.2) is 0 Å². The molecule has 6 N–H and O–H groups in total. The Hall–Kier alpha value is -3.10. The van der Waals surface area contributed by atoms with Crippen LogP contribution >= 0.6 is 11.9 Å². The van der Waals surface area contributed by atoms with E-state index in [2.05, 4.69) is 41.7 Å². The van der Waals surface area contributed by atoms with Crippen molar-refractivity contribution >= 4 is 47.3 Å². The van der Waals surface area contributed by atoms with Crippen LogP contribution in [0.1, 0.15) is 49.5 Å². The molecule has 0 radical (unpaired) electrons. The van der Waals surface area contributed by atoms with Gasteiger partial charge in [0.2, 0.25) is 0 Å². The number of carbonyl (C=O) groups is 2. The Morgan fingerprint density at radius 3 is 2.52 bits per heavy atom. The first-order chi connectivity index (χ1) is 15.0. The number of hydrazone groups is 1. The second kappa shape index (κ2) is 14.0. The molecule has 0 atom stereocenters. The Labute approximate surface area is 188 Å². The molecule has 8 heteroatoms. The Morgan fingerprint density at radius 1 is 1.26 bits per heavy atom. The van der Waals surface area contributed by atoms with Gasteiger partial charge in [-0.3, -0.25) is 14.7 Å². The Balaban J connectivity index is 3.62. The van der Waals surface area contributed by atoms with Gasteiger partial charge in [-0.05, 0) is 55.5 Å². The summed E-state index contributed by atoms with van der Waals surface area (Å²) in [5.41, 5.74) is 3.77. The van der Waals surface area contributed by atoms with Crippen molar-refractivity contribution in [2.75, 3.05) is 17.7 Å². The van der Waals surface area contributed by atoms with Crippen LogP contribution in [-0.2, 0) is 4.79 Å². The highest BCUT2D eigenvalue weighted by Gasteiger charge is 2.16. The lowest BCUT2D eigenvalue weighted by Gasteiger charge is -2.16. The van der Waals surface area contributed by atoms with Gasteiger partial charge in [0.1, 0.15) is 0 Å². The van der Waals surface area contributed by atoms with Gasteiger partial charge in [-0.2, -0.15) is 5.10 Å². The number of nitrogens with zero attached hydrogens (tertiary/aromatic N) is 1. The largest absolute Gasteiger partial charge is 0.388 e. The van der Waals surface area contributed by atoms with Crippen molar-refractivity contribution in [3.05, 3.63) is 64.1 Å². The van der Waals surface area contributed by atoms with Crippen molar-refractivity contribution in [1.29, 1.82) is 0 Å². The molecule has 0 aliphatic heterocycles. The molecule has 1 rings (SSSR count). The maximum Gasteiger partial charge on any atom is 0.263 e. The molecule has 0 aromatic heterocycles. The van der Waals surface area contributed by atoms with E-state index in [0.29, 0.717) is 33.0 Å². The summed E-state index contributed by atoms with van der Waals surface area (Å²) in [7, 11) is 1.74. The Bertz CT molecular complexity index is 930. The van der Waals surface area contributed by atoms with E-state index in [1.54, 1.807) is 32.2 Å². The maximum atomic E-state index is 12.4. The zero-order chi connectivity index (χ0) is 23.2. The first kappa shape index (κ1) is 25.9. The van der Waals surface area contributed by atoms with Crippen molar-refractivity contribution in [3.63, 3.8) is 0 Å². The van der Waals surface area contributed by atoms with E-state index in [1.807, 2.05) is 12.2 Å². The van der Waals surface area contributed by atoms with Crippen LogP contribution in [0.5, 0.6) is 0 Å². The molecule has 7 nitrogen and oxygen atoms in total. The number of anilines is 2. The highest BCUT2D eigenvalue weighted by atomic mass is 32.2. The van der Waals surface area contributed by atoms with Crippen LogP contribution in [0, 0.1) is 0 Å². The van der Waals surface area contributed by atoms with Gasteiger partial charge < -0.3 is 16.5 Å². The molecule has 0 saturated heterocycles. The number of aldehydes is 1. The van der Waals surface area contributed by atoms with Crippen molar-refractivity contribution in [2.45, 2.75) is 33.6 Å². The molecular formula is C23H31N5O2S. The number of hydrogen-bond donors (Lipinski definition) is 4.